The van der Waals surface area contributed by atoms with Gasteiger partial charge in [0.05, 0.1) is 70.5 Å². The van der Waals surface area contributed by atoms with Crippen molar-refractivity contribution in [3.63, 3.8) is 0 Å². The van der Waals surface area contributed by atoms with E-state index in [0.717, 1.165) is 70.5 Å². The van der Waals surface area contributed by atoms with Gasteiger partial charge in [-0.15, -0.1) is 0 Å². The fourth-order valence-corrected chi connectivity index (χ4v) is 9.96. The molecule has 24 nitrogen and oxygen atoms in total. The number of anilines is 1. The fourth-order valence-electron chi connectivity index (χ4n) is 9.20. The third-order valence-corrected chi connectivity index (χ3v) is 15.3. The van der Waals surface area contributed by atoms with Crippen LogP contribution in [0.4, 0.5) is 5.69 Å². The molecule has 2 saturated heterocycles. The summed E-state index contributed by atoms with van der Waals surface area (Å²) in [7, 11) is 0. The minimum Gasteiger partial charge on any atom is -0.488 e. The molecule has 420 valence electrons. The zero-order valence-electron chi connectivity index (χ0n) is 42.7. The molecule has 5 heterocycles. The number of hydrogen-bond donors (Lipinski definition) is 8. The summed E-state index contributed by atoms with van der Waals surface area (Å²) in [5.74, 6) is -1.97. The molecule has 0 bridgehead atoms. The minimum absolute atomic E-state index is 0. The second kappa shape index (κ2) is 28.1. The van der Waals surface area contributed by atoms with Gasteiger partial charge in [-0.25, -0.2) is 9.78 Å². The zero-order chi connectivity index (χ0) is 54.5. The summed E-state index contributed by atoms with van der Waals surface area (Å²) in [4.78, 5) is 67.5. The van der Waals surface area contributed by atoms with Gasteiger partial charge >= 0.3 is 5.97 Å². The highest BCUT2D eigenvalue weighted by Crippen LogP contribution is 2.35. The number of H-pyrrole nitrogens is 2. The second-order valence-corrected chi connectivity index (χ2v) is 20.2. The molecule has 2 aromatic heterocycles. The first-order chi connectivity index (χ1) is 37.2. The van der Waals surface area contributed by atoms with Crippen LogP contribution < -0.4 is 20.1 Å². The van der Waals surface area contributed by atoms with Crippen LogP contribution in [0.1, 0.15) is 37.7 Å². The van der Waals surface area contributed by atoms with E-state index in [0.29, 0.717) is 35.8 Å². The predicted molar refractivity (Wildman–Crippen MR) is 288 cm³/mol. The van der Waals surface area contributed by atoms with Gasteiger partial charge in [-0.1, -0.05) is 12.1 Å². The van der Waals surface area contributed by atoms with E-state index in [9.17, 15) is 44.4 Å². The monoisotopic (exact) mass is 1210 g/mol. The molecule has 5 aromatic rings. The molecule has 26 heteroatoms. The van der Waals surface area contributed by atoms with Crippen molar-refractivity contribution in [1.82, 2.24) is 35.6 Å². The number of aliphatic hydroxyl groups excluding tert-OH is 3. The third-order valence-electron chi connectivity index (χ3n) is 13.3. The van der Waals surface area contributed by atoms with Crippen LogP contribution >= 0.6 is 31.9 Å². The van der Waals surface area contributed by atoms with Crippen molar-refractivity contribution in [2.24, 2.45) is 0 Å². The van der Waals surface area contributed by atoms with Crippen molar-refractivity contribution in [1.29, 1.82) is 0 Å². The highest BCUT2D eigenvalue weighted by molar-refractivity contribution is 9.14. The zero-order valence-corrected chi connectivity index (χ0v) is 45.9. The number of fused-ring (bicyclic) bond motifs is 1. The van der Waals surface area contributed by atoms with Gasteiger partial charge in [0.25, 0.3) is 11.8 Å². The first-order valence-electron chi connectivity index (χ1n) is 25.1. The molecule has 3 aromatic carbocycles. The number of likely N-dealkylation sites (tertiary alicyclic amines) is 1. The Bertz CT molecular complexity index is 2880. The normalized spacial score (nSPS) is 20.2. The Labute approximate surface area is 465 Å². The van der Waals surface area contributed by atoms with Crippen molar-refractivity contribution in [3.05, 3.63) is 88.9 Å². The number of piperidine rings is 1. The molecule has 0 unspecified atom stereocenters. The van der Waals surface area contributed by atoms with Crippen LogP contribution in [-0.4, -0.2) is 194 Å². The SMILES string of the molecule is O=C(CCOCCOCCOCCN1C(=O)C(Br)=C(Br)C1=O)NCCC(=O)Nc1cc(C[N+]2(CCOc3cccc(-c4n[nH]c5ccc(-c6ncn[nH]6)cc45)c3)CCCCC2)ccc1O[C@@H]1O[C@H](C(=O)O)[C@@H](O)[C@H](O)[C@H]1O.[CH3-]. The maximum absolute atomic E-state index is 13.5. The van der Waals surface area contributed by atoms with Crippen LogP contribution in [0.3, 0.4) is 0 Å². The van der Waals surface area contributed by atoms with Crippen molar-refractivity contribution in [2.75, 3.05) is 84.3 Å². The molecule has 8 N–H and O–H groups in total. The standard InChI is InChI=1S/C51H59Br2N9O15.CH3/c52-40-41(53)49(69)61(48(40)68)14-19-73-22-24-74-23-21-72-18-12-38(63)54-13-11-39(64)57-36-25-30(7-10-37(36)76-51-45(67)43(65)44(66)46(77-51)50(70)71)28-62(15-2-1-3-16-62)17-20-75-33-6-4-5-31(26-33)42-34-27-32(47-55-29-56-60-47)8-9-35(34)58-59-42;/h4-10,25-27,29,43-46,51,65-67H,1-3,11-24,28H2,(H4-,54,55,56,57,58,59,60,63,64,68,69,70,71);1H3/q;-1/p+1/t43-,44-,45+,46-,51+;/m0./s1. The maximum Gasteiger partial charge on any atom is 0.335 e. The van der Waals surface area contributed by atoms with Gasteiger partial charge in [-0.05, 0) is 99.7 Å². The number of carbonyl (C=O) groups is 5. The number of aliphatic hydroxyl groups is 3. The highest BCUT2D eigenvalue weighted by Gasteiger charge is 2.48. The molecule has 3 aliphatic heterocycles. The average molecular weight is 1210 g/mol. The number of aliphatic carboxylic acids is 1. The number of nitrogens with zero attached hydrogens (tertiary/aromatic N) is 5. The molecule has 0 saturated carbocycles. The summed E-state index contributed by atoms with van der Waals surface area (Å²) >= 11 is 6.16. The van der Waals surface area contributed by atoms with Crippen molar-refractivity contribution in [3.8, 4) is 34.1 Å². The first kappa shape index (κ1) is 59.5. The van der Waals surface area contributed by atoms with E-state index < -0.39 is 54.4 Å². The largest absolute Gasteiger partial charge is 0.488 e. The number of carbonyl (C=O) groups excluding carboxylic acids is 4. The number of benzene rings is 3. The van der Waals surface area contributed by atoms with Crippen molar-refractivity contribution in [2.45, 2.75) is 69.4 Å². The number of nitrogens with one attached hydrogen (secondary N) is 4. The number of aromatic amines is 2. The van der Waals surface area contributed by atoms with Gasteiger partial charge in [0.15, 0.2) is 11.9 Å². The van der Waals surface area contributed by atoms with Crippen molar-refractivity contribution >= 4 is 78.0 Å². The first-order valence-corrected chi connectivity index (χ1v) is 26.6. The quantitative estimate of drug-likeness (QED) is 0.0161. The number of ether oxygens (including phenoxy) is 6. The van der Waals surface area contributed by atoms with E-state index in [-0.39, 0.29) is 99.3 Å². The topological polar surface area (TPSA) is 319 Å². The molecule has 2 fully saturated rings. The molecule has 0 spiro atoms. The highest BCUT2D eigenvalue weighted by atomic mass is 79.9. The van der Waals surface area contributed by atoms with E-state index in [4.69, 9.17) is 28.4 Å². The molecule has 0 radical (unpaired) electrons. The van der Waals surface area contributed by atoms with E-state index in [1.807, 2.05) is 42.5 Å². The van der Waals surface area contributed by atoms with E-state index in [2.05, 4.69) is 67.9 Å². The summed E-state index contributed by atoms with van der Waals surface area (Å²) in [5, 5.41) is 62.3. The Kier molecular flexibility index (Phi) is 21.4. The van der Waals surface area contributed by atoms with Crippen LogP contribution in [0, 0.1) is 7.43 Å². The number of hydrogen-bond acceptors (Lipinski definition) is 17. The fraction of sp³-hybridized carbons (Fsp3) is 0.442. The van der Waals surface area contributed by atoms with Crippen LogP contribution in [0.15, 0.2) is 76.0 Å². The Balaban J connectivity index is 0.00000882. The van der Waals surface area contributed by atoms with Crippen LogP contribution in [0.5, 0.6) is 11.5 Å². The molecule has 4 amide bonds. The van der Waals surface area contributed by atoms with Gasteiger partial charge in [0.2, 0.25) is 18.1 Å². The summed E-state index contributed by atoms with van der Waals surface area (Å²) in [6.07, 6.45) is -4.93. The molecule has 3 aliphatic rings. The van der Waals surface area contributed by atoms with Crippen LogP contribution in [-0.2, 0) is 49.5 Å². The summed E-state index contributed by atoms with van der Waals surface area (Å²) in [6.45, 7) is 4.61. The number of amides is 4. The Hall–Kier alpha value is -6.20. The molecular formula is C52H63Br2N9O15. The summed E-state index contributed by atoms with van der Waals surface area (Å²) in [5.41, 5.74) is 4.38. The van der Waals surface area contributed by atoms with Gasteiger partial charge in [0, 0.05) is 41.5 Å². The van der Waals surface area contributed by atoms with Gasteiger partial charge in [0.1, 0.15) is 70.5 Å². The number of carboxylic acid groups (broad SMARTS) is 1. The lowest BCUT2D eigenvalue weighted by atomic mass is 9.99. The maximum atomic E-state index is 13.5. The van der Waals surface area contributed by atoms with Gasteiger partial charge in [-0.2, -0.15) is 10.2 Å². The lowest BCUT2D eigenvalue weighted by Gasteiger charge is -2.41. The lowest BCUT2D eigenvalue weighted by Crippen LogP contribution is -2.61. The van der Waals surface area contributed by atoms with E-state index >= 15 is 0 Å². The number of imide groups is 1. The summed E-state index contributed by atoms with van der Waals surface area (Å²) in [6, 6.07) is 18.8. The number of halogens is 2. The Morgan fingerprint density at radius 2 is 1.53 bits per heavy atom. The third kappa shape index (κ3) is 15.1. The smallest absolute Gasteiger partial charge is 0.335 e. The molecule has 8 rings (SSSR count). The number of rotatable bonds is 27. The number of aromatic nitrogens is 5. The molecule has 5 atom stereocenters. The van der Waals surface area contributed by atoms with Crippen LogP contribution in [0.2, 0.25) is 0 Å². The predicted octanol–water partition coefficient (Wildman–Crippen LogP) is 3.57. The second-order valence-electron chi connectivity index (χ2n) is 18.6. The van der Waals surface area contributed by atoms with Crippen molar-refractivity contribution < 1.29 is 77.3 Å². The number of quaternary nitrogens is 1. The molecule has 78 heavy (non-hydrogen) atoms. The molecule has 0 aliphatic carbocycles. The Morgan fingerprint density at radius 1 is 0.795 bits per heavy atom. The van der Waals surface area contributed by atoms with Crippen LogP contribution in [0.25, 0.3) is 33.5 Å². The van der Waals surface area contributed by atoms with E-state index in [1.165, 1.54) is 6.33 Å². The summed E-state index contributed by atoms with van der Waals surface area (Å²) < 4.78 is 35.2. The lowest BCUT2D eigenvalue weighted by molar-refractivity contribution is -0.945. The average Bonchev–Trinajstić information content (AvgIpc) is 4.21. The minimum atomic E-state index is -1.93. The Morgan fingerprint density at radius 3 is 2.24 bits per heavy atom. The van der Waals surface area contributed by atoms with E-state index in [1.54, 1.807) is 18.2 Å². The van der Waals surface area contributed by atoms with Gasteiger partial charge in [-0.3, -0.25) is 34.3 Å². The van der Waals surface area contributed by atoms with Gasteiger partial charge < -0.3 is 71.4 Å². The number of carboxylic acids is 1. The molecular weight excluding hydrogens is 1150 g/mol.